The molecule has 0 saturated carbocycles. The van der Waals surface area contributed by atoms with Gasteiger partial charge >= 0.3 is 5.97 Å². The summed E-state index contributed by atoms with van der Waals surface area (Å²) in [5.74, 6) is 0.141. The molecule has 1 heterocycles. The number of carbonyl (C=O) groups excluding carboxylic acids is 1. The van der Waals surface area contributed by atoms with Crippen molar-refractivity contribution in [3.63, 3.8) is 0 Å². The third-order valence-electron chi connectivity index (χ3n) is 2.60. The molecule has 0 amide bonds. The van der Waals surface area contributed by atoms with Crippen LogP contribution in [0.15, 0.2) is 33.8 Å². The standard InChI is InChI=1S/C12H11N3O3/c1-7(14-15-13)10-5-8-3-4-9(12(16)17-2)6-11(8)18-10/h3-7H,1-2H3. The van der Waals surface area contributed by atoms with Crippen LogP contribution in [0.4, 0.5) is 0 Å². The minimum Gasteiger partial charge on any atom is -0.465 e. The Balaban J connectivity index is 2.45. The number of hydrogen-bond donors (Lipinski definition) is 0. The fraction of sp³-hybridized carbons (Fsp3) is 0.250. The van der Waals surface area contributed by atoms with Crippen LogP contribution in [0.3, 0.4) is 0 Å². The maximum atomic E-state index is 11.4. The summed E-state index contributed by atoms with van der Waals surface area (Å²) >= 11 is 0. The number of esters is 1. The highest BCUT2D eigenvalue weighted by Gasteiger charge is 2.12. The van der Waals surface area contributed by atoms with Crippen molar-refractivity contribution in [2.24, 2.45) is 5.11 Å². The minimum absolute atomic E-state index is 0.385. The lowest BCUT2D eigenvalue weighted by Crippen LogP contribution is -1.99. The quantitative estimate of drug-likeness (QED) is 0.358. The van der Waals surface area contributed by atoms with Gasteiger partial charge in [0.05, 0.1) is 18.7 Å². The first-order valence-corrected chi connectivity index (χ1v) is 5.31. The van der Waals surface area contributed by atoms with Crippen molar-refractivity contribution in [2.75, 3.05) is 7.11 Å². The molecule has 1 aromatic carbocycles. The largest absolute Gasteiger partial charge is 0.465 e. The zero-order valence-electron chi connectivity index (χ0n) is 9.95. The van der Waals surface area contributed by atoms with Crippen molar-refractivity contribution in [3.05, 3.63) is 46.0 Å². The average molecular weight is 245 g/mol. The highest BCUT2D eigenvalue weighted by Crippen LogP contribution is 2.26. The third-order valence-corrected chi connectivity index (χ3v) is 2.60. The summed E-state index contributed by atoms with van der Waals surface area (Å²) in [5.41, 5.74) is 9.36. The maximum Gasteiger partial charge on any atom is 0.337 e. The molecule has 0 radical (unpaired) electrons. The van der Waals surface area contributed by atoms with Gasteiger partial charge in [-0.05, 0) is 30.7 Å². The number of benzene rings is 1. The smallest absolute Gasteiger partial charge is 0.337 e. The number of nitrogens with zero attached hydrogens (tertiary/aromatic N) is 3. The van der Waals surface area contributed by atoms with Crippen LogP contribution in [0.1, 0.15) is 29.1 Å². The second kappa shape index (κ2) is 4.81. The van der Waals surface area contributed by atoms with Gasteiger partial charge in [-0.1, -0.05) is 11.2 Å². The van der Waals surface area contributed by atoms with E-state index in [0.29, 0.717) is 16.9 Å². The molecule has 1 atom stereocenters. The Morgan fingerprint density at radius 2 is 2.28 bits per heavy atom. The molecular formula is C12H11N3O3. The van der Waals surface area contributed by atoms with Gasteiger partial charge in [0, 0.05) is 10.3 Å². The molecule has 0 aliphatic rings. The molecule has 1 unspecified atom stereocenters. The number of furan rings is 1. The minimum atomic E-state index is -0.419. The van der Waals surface area contributed by atoms with Crippen LogP contribution in [0, 0.1) is 0 Å². The molecule has 0 aliphatic carbocycles. The number of methoxy groups -OCH3 is 1. The van der Waals surface area contributed by atoms with Crippen molar-refractivity contribution in [1.29, 1.82) is 0 Å². The van der Waals surface area contributed by atoms with Crippen LogP contribution < -0.4 is 0 Å². The van der Waals surface area contributed by atoms with E-state index in [9.17, 15) is 4.79 Å². The van der Waals surface area contributed by atoms with Gasteiger partial charge in [0.1, 0.15) is 11.3 Å². The highest BCUT2D eigenvalue weighted by molar-refractivity contribution is 5.93. The summed E-state index contributed by atoms with van der Waals surface area (Å²) in [5, 5.41) is 4.40. The molecule has 0 spiro atoms. The Kier molecular flexibility index (Phi) is 3.21. The van der Waals surface area contributed by atoms with E-state index in [0.717, 1.165) is 5.39 Å². The number of fused-ring (bicyclic) bond motifs is 1. The van der Waals surface area contributed by atoms with E-state index in [-0.39, 0.29) is 6.04 Å². The van der Waals surface area contributed by atoms with Gasteiger partial charge < -0.3 is 9.15 Å². The predicted octanol–water partition coefficient (Wildman–Crippen LogP) is 3.59. The average Bonchev–Trinajstić information content (AvgIpc) is 2.80. The van der Waals surface area contributed by atoms with Crippen molar-refractivity contribution >= 4 is 16.9 Å². The lowest BCUT2D eigenvalue weighted by Gasteiger charge is -1.98. The first-order valence-electron chi connectivity index (χ1n) is 5.31. The van der Waals surface area contributed by atoms with E-state index in [1.54, 1.807) is 31.2 Å². The van der Waals surface area contributed by atoms with Gasteiger partial charge in [0.2, 0.25) is 0 Å². The summed E-state index contributed by atoms with van der Waals surface area (Å²) in [6.07, 6.45) is 0. The Morgan fingerprint density at radius 1 is 1.50 bits per heavy atom. The summed E-state index contributed by atoms with van der Waals surface area (Å²) in [7, 11) is 1.32. The Hall–Kier alpha value is -2.46. The Bertz CT molecular complexity index is 641. The number of ether oxygens (including phenoxy) is 1. The zero-order valence-corrected chi connectivity index (χ0v) is 9.95. The molecule has 0 aliphatic heterocycles. The van der Waals surface area contributed by atoms with E-state index in [2.05, 4.69) is 14.8 Å². The van der Waals surface area contributed by atoms with Gasteiger partial charge in [-0.3, -0.25) is 0 Å². The fourth-order valence-corrected chi connectivity index (χ4v) is 1.64. The zero-order chi connectivity index (χ0) is 13.1. The number of hydrogen-bond acceptors (Lipinski definition) is 4. The molecule has 1 aromatic heterocycles. The van der Waals surface area contributed by atoms with Crippen LogP contribution in [-0.4, -0.2) is 13.1 Å². The second-order valence-electron chi connectivity index (χ2n) is 3.77. The Morgan fingerprint density at radius 3 is 2.94 bits per heavy atom. The van der Waals surface area contributed by atoms with E-state index in [1.807, 2.05) is 0 Å². The van der Waals surface area contributed by atoms with Crippen molar-refractivity contribution in [1.82, 2.24) is 0 Å². The van der Waals surface area contributed by atoms with Crippen LogP contribution in [0.5, 0.6) is 0 Å². The first kappa shape index (κ1) is 12.0. The van der Waals surface area contributed by atoms with Crippen LogP contribution in [0.25, 0.3) is 21.4 Å². The van der Waals surface area contributed by atoms with E-state index in [1.165, 1.54) is 7.11 Å². The summed E-state index contributed by atoms with van der Waals surface area (Å²) in [6, 6.07) is 6.43. The number of carbonyl (C=O) groups is 1. The molecule has 0 N–H and O–H groups in total. The molecule has 18 heavy (non-hydrogen) atoms. The fourth-order valence-electron chi connectivity index (χ4n) is 1.64. The SMILES string of the molecule is COC(=O)c1ccc2cc(C(C)N=[N+]=[N-])oc2c1. The number of azide groups is 1. The lowest BCUT2D eigenvalue weighted by molar-refractivity contribution is 0.0601. The van der Waals surface area contributed by atoms with Crippen molar-refractivity contribution in [3.8, 4) is 0 Å². The lowest BCUT2D eigenvalue weighted by atomic mass is 10.1. The molecule has 0 saturated heterocycles. The van der Waals surface area contributed by atoms with Gasteiger partial charge in [0.25, 0.3) is 0 Å². The van der Waals surface area contributed by atoms with Crippen LogP contribution >= 0.6 is 0 Å². The molecule has 6 heteroatoms. The molecular weight excluding hydrogens is 234 g/mol. The van der Waals surface area contributed by atoms with E-state index in [4.69, 9.17) is 9.95 Å². The Labute approximate surface area is 103 Å². The molecule has 0 bridgehead atoms. The van der Waals surface area contributed by atoms with Gasteiger partial charge in [0.15, 0.2) is 0 Å². The molecule has 6 nitrogen and oxygen atoms in total. The topological polar surface area (TPSA) is 88.2 Å². The summed E-state index contributed by atoms with van der Waals surface area (Å²) < 4.78 is 10.2. The maximum absolute atomic E-state index is 11.4. The highest BCUT2D eigenvalue weighted by atomic mass is 16.5. The van der Waals surface area contributed by atoms with Gasteiger partial charge in [-0.15, -0.1) is 0 Å². The van der Waals surface area contributed by atoms with Crippen molar-refractivity contribution < 1.29 is 13.9 Å². The van der Waals surface area contributed by atoms with Crippen molar-refractivity contribution in [2.45, 2.75) is 13.0 Å². The van der Waals surface area contributed by atoms with Crippen LogP contribution in [-0.2, 0) is 4.74 Å². The van der Waals surface area contributed by atoms with Crippen LogP contribution in [0.2, 0.25) is 0 Å². The molecule has 2 aromatic rings. The normalized spacial score (nSPS) is 11.9. The monoisotopic (exact) mass is 245 g/mol. The number of rotatable bonds is 3. The third kappa shape index (κ3) is 2.14. The van der Waals surface area contributed by atoms with E-state index < -0.39 is 5.97 Å². The van der Waals surface area contributed by atoms with Gasteiger partial charge in [-0.25, -0.2) is 4.79 Å². The predicted molar refractivity (Wildman–Crippen MR) is 65.1 cm³/mol. The first-order chi connectivity index (χ1) is 8.65. The summed E-state index contributed by atoms with van der Waals surface area (Å²) in [6.45, 7) is 1.73. The molecule has 0 fully saturated rings. The molecule has 2 rings (SSSR count). The van der Waals surface area contributed by atoms with E-state index >= 15 is 0 Å². The molecule has 92 valence electrons. The van der Waals surface area contributed by atoms with Gasteiger partial charge in [-0.2, -0.15) is 0 Å². The summed E-state index contributed by atoms with van der Waals surface area (Å²) in [4.78, 5) is 14.1. The second-order valence-corrected chi connectivity index (χ2v) is 3.77.